The summed E-state index contributed by atoms with van der Waals surface area (Å²) in [5.41, 5.74) is -0.425. The fourth-order valence-corrected chi connectivity index (χ4v) is 3.40. The molecule has 1 aromatic heterocycles. The summed E-state index contributed by atoms with van der Waals surface area (Å²) in [6, 6.07) is 3.15. The number of amides is 1. The number of hydrogen-bond donors (Lipinski definition) is 1. The third kappa shape index (κ3) is 2.75. The predicted molar refractivity (Wildman–Crippen MR) is 78.9 cm³/mol. The van der Waals surface area contributed by atoms with Gasteiger partial charge in [0.25, 0.3) is 0 Å². The van der Waals surface area contributed by atoms with Crippen LogP contribution in [-0.2, 0) is 11.0 Å². The van der Waals surface area contributed by atoms with Gasteiger partial charge in [0, 0.05) is 13.1 Å². The molecule has 4 nitrogen and oxygen atoms in total. The molecule has 0 radical (unpaired) electrons. The van der Waals surface area contributed by atoms with Crippen LogP contribution >= 0.6 is 11.3 Å². The molecule has 1 atom stereocenters. The number of hydrogen-bond acceptors (Lipinski definition) is 4. The summed E-state index contributed by atoms with van der Waals surface area (Å²) in [5, 5.41) is 3.51. The monoisotopic (exact) mass is 329 g/mol. The molecule has 0 bridgehead atoms. The van der Waals surface area contributed by atoms with E-state index in [1.54, 1.807) is 4.90 Å². The fourth-order valence-electron chi connectivity index (χ4n) is 2.50. The summed E-state index contributed by atoms with van der Waals surface area (Å²) >= 11 is 1.25. The Morgan fingerprint density at radius 3 is 2.86 bits per heavy atom. The van der Waals surface area contributed by atoms with E-state index in [1.165, 1.54) is 17.4 Å². The molecule has 1 saturated heterocycles. The van der Waals surface area contributed by atoms with Crippen molar-refractivity contribution in [2.24, 2.45) is 0 Å². The SMILES string of the molecule is CCN1CC[C@H](Nc2nc3cc(C(F)(F)F)ccc3s2)C1=O. The van der Waals surface area contributed by atoms with Gasteiger partial charge in [0.1, 0.15) is 6.04 Å². The van der Waals surface area contributed by atoms with Gasteiger partial charge in [-0.2, -0.15) is 13.2 Å². The number of anilines is 1. The van der Waals surface area contributed by atoms with Gasteiger partial charge in [-0.1, -0.05) is 11.3 Å². The fraction of sp³-hybridized carbons (Fsp3) is 0.429. The van der Waals surface area contributed by atoms with Crippen molar-refractivity contribution < 1.29 is 18.0 Å². The zero-order valence-corrected chi connectivity index (χ0v) is 12.6. The number of halogens is 3. The lowest BCUT2D eigenvalue weighted by atomic mass is 10.2. The molecule has 8 heteroatoms. The Kier molecular flexibility index (Phi) is 3.72. The number of aromatic nitrogens is 1. The van der Waals surface area contributed by atoms with E-state index in [0.717, 1.165) is 12.1 Å². The van der Waals surface area contributed by atoms with E-state index in [-0.39, 0.29) is 11.9 Å². The summed E-state index contributed by atoms with van der Waals surface area (Å²) in [7, 11) is 0. The molecular formula is C14H14F3N3OS. The zero-order valence-electron chi connectivity index (χ0n) is 11.8. The van der Waals surface area contributed by atoms with E-state index < -0.39 is 11.7 Å². The third-order valence-corrected chi connectivity index (χ3v) is 4.66. The normalized spacial score (nSPS) is 19.2. The van der Waals surface area contributed by atoms with Crippen LogP contribution in [-0.4, -0.2) is 34.9 Å². The van der Waals surface area contributed by atoms with Crippen LogP contribution in [0, 0.1) is 0 Å². The lowest BCUT2D eigenvalue weighted by Gasteiger charge is -2.13. The topological polar surface area (TPSA) is 45.2 Å². The number of alkyl halides is 3. The van der Waals surface area contributed by atoms with Crippen molar-refractivity contribution in [2.75, 3.05) is 18.4 Å². The van der Waals surface area contributed by atoms with E-state index in [0.29, 0.717) is 34.9 Å². The first-order chi connectivity index (χ1) is 10.4. The van der Waals surface area contributed by atoms with Crippen LogP contribution in [0.15, 0.2) is 18.2 Å². The van der Waals surface area contributed by atoms with Crippen LogP contribution in [0.25, 0.3) is 10.2 Å². The number of nitrogens with zero attached hydrogens (tertiary/aromatic N) is 2. The molecule has 0 saturated carbocycles. The maximum atomic E-state index is 12.7. The van der Waals surface area contributed by atoms with Crippen LogP contribution < -0.4 is 5.32 Å². The number of carbonyl (C=O) groups is 1. The maximum Gasteiger partial charge on any atom is 0.416 e. The minimum absolute atomic E-state index is 0.0118. The van der Waals surface area contributed by atoms with E-state index in [9.17, 15) is 18.0 Å². The molecule has 0 spiro atoms. The molecule has 1 aliphatic heterocycles. The lowest BCUT2D eigenvalue weighted by Crippen LogP contribution is -2.33. The van der Waals surface area contributed by atoms with Crippen molar-refractivity contribution in [1.29, 1.82) is 0 Å². The highest BCUT2D eigenvalue weighted by molar-refractivity contribution is 7.22. The summed E-state index contributed by atoms with van der Waals surface area (Å²) in [4.78, 5) is 17.9. The first kappa shape index (κ1) is 15.1. The van der Waals surface area contributed by atoms with Gasteiger partial charge in [-0.3, -0.25) is 4.79 Å². The highest BCUT2D eigenvalue weighted by Crippen LogP contribution is 2.34. The summed E-state index contributed by atoms with van der Waals surface area (Å²) in [6.07, 6.45) is -3.70. The molecule has 1 aromatic carbocycles. The number of rotatable bonds is 3. The van der Waals surface area contributed by atoms with E-state index in [2.05, 4.69) is 10.3 Å². The van der Waals surface area contributed by atoms with Crippen LogP contribution in [0.3, 0.4) is 0 Å². The number of carbonyl (C=O) groups excluding carboxylic acids is 1. The Bertz CT molecular complexity index is 713. The van der Waals surface area contributed by atoms with Crippen molar-refractivity contribution in [1.82, 2.24) is 9.88 Å². The van der Waals surface area contributed by atoms with Gasteiger partial charge >= 0.3 is 6.18 Å². The van der Waals surface area contributed by atoms with Gasteiger partial charge in [-0.15, -0.1) is 0 Å². The quantitative estimate of drug-likeness (QED) is 0.939. The second-order valence-corrected chi connectivity index (χ2v) is 6.13. The highest BCUT2D eigenvalue weighted by atomic mass is 32.1. The van der Waals surface area contributed by atoms with Crippen molar-refractivity contribution >= 4 is 32.6 Å². The van der Waals surface area contributed by atoms with Gasteiger partial charge < -0.3 is 10.2 Å². The van der Waals surface area contributed by atoms with E-state index in [4.69, 9.17) is 0 Å². The minimum Gasteiger partial charge on any atom is -0.350 e. The van der Waals surface area contributed by atoms with Crippen LogP contribution in [0.1, 0.15) is 18.9 Å². The largest absolute Gasteiger partial charge is 0.416 e. The second kappa shape index (κ2) is 5.42. The molecule has 22 heavy (non-hydrogen) atoms. The molecule has 3 rings (SSSR count). The molecule has 118 valence electrons. The van der Waals surface area contributed by atoms with Crippen LogP contribution in [0.5, 0.6) is 0 Å². The maximum absolute atomic E-state index is 12.7. The molecule has 2 heterocycles. The molecule has 1 amide bonds. The van der Waals surface area contributed by atoms with Crippen LogP contribution in [0.4, 0.5) is 18.3 Å². The molecular weight excluding hydrogens is 315 g/mol. The summed E-state index contributed by atoms with van der Waals surface area (Å²) < 4.78 is 38.7. The lowest BCUT2D eigenvalue weighted by molar-refractivity contribution is -0.137. The Balaban J connectivity index is 1.82. The first-order valence-corrected chi connectivity index (χ1v) is 7.73. The Morgan fingerprint density at radius 1 is 1.45 bits per heavy atom. The Labute approximate surface area is 128 Å². The van der Waals surface area contributed by atoms with Crippen molar-refractivity contribution in [2.45, 2.75) is 25.6 Å². The molecule has 0 unspecified atom stereocenters. The summed E-state index contributed by atoms with van der Waals surface area (Å²) in [6.45, 7) is 3.26. The smallest absolute Gasteiger partial charge is 0.350 e. The number of fused-ring (bicyclic) bond motifs is 1. The summed E-state index contributed by atoms with van der Waals surface area (Å²) in [5.74, 6) is 0.0118. The average molecular weight is 329 g/mol. The van der Waals surface area contributed by atoms with Gasteiger partial charge in [0.2, 0.25) is 5.91 Å². The zero-order chi connectivity index (χ0) is 15.9. The van der Waals surface area contributed by atoms with Crippen molar-refractivity contribution in [3.05, 3.63) is 23.8 Å². The van der Waals surface area contributed by atoms with Crippen molar-refractivity contribution in [3.63, 3.8) is 0 Å². The molecule has 0 aliphatic carbocycles. The Hall–Kier alpha value is -1.83. The third-order valence-electron chi connectivity index (χ3n) is 3.69. The molecule has 1 fully saturated rings. The molecule has 1 aliphatic rings. The highest BCUT2D eigenvalue weighted by Gasteiger charge is 2.32. The van der Waals surface area contributed by atoms with Gasteiger partial charge in [-0.05, 0) is 31.5 Å². The number of benzene rings is 1. The first-order valence-electron chi connectivity index (χ1n) is 6.91. The van der Waals surface area contributed by atoms with E-state index >= 15 is 0 Å². The average Bonchev–Trinajstić information content (AvgIpc) is 3.01. The standard InChI is InChI=1S/C14H14F3N3OS/c1-2-20-6-5-9(12(20)21)18-13-19-10-7-8(14(15,16)17)3-4-11(10)22-13/h3-4,7,9H,2,5-6H2,1H3,(H,18,19)/t9-/m0/s1. The van der Waals surface area contributed by atoms with E-state index in [1.807, 2.05) is 6.92 Å². The van der Waals surface area contributed by atoms with Crippen molar-refractivity contribution in [3.8, 4) is 0 Å². The molecule has 1 N–H and O–H groups in total. The van der Waals surface area contributed by atoms with Gasteiger partial charge in [-0.25, -0.2) is 4.98 Å². The van der Waals surface area contributed by atoms with Crippen LogP contribution in [0.2, 0.25) is 0 Å². The second-order valence-electron chi connectivity index (χ2n) is 5.10. The molecule has 2 aromatic rings. The number of likely N-dealkylation sites (N-methyl/N-ethyl adjacent to an activating group) is 1. The minimum atomic E-state index is -4.38. The number of nitrogens with one attached hydrogen (secondary N) is 1. The van der Waals surface area contributed by atoms with Gasteiger partial charge in [0.15, 0.2) is 5.13 Å². The van der Waals surface area contributed by atoms with Gasteiger partial charge in [0.05, 0.1) is 15.8 Å². The Morgan fingerprint density at radius 2 is 2.23 bits per heavy atom. The predicted octanol–water partition coefficient (Wildman–Crippen LogP) is 3.35. The number of likely N-dealkylation sites (tertiary alicyclic amines) is 1. The number of thiazole rings is 1.